The molecule has 1 aromatic rings. The predicted octanol–water partition coefficient (Wildman–Crippen LogP) is 1.90. The summed E-state index contributed by atoms with van der Waals surface area (Å²) in [7, 11) is 2.17. The highest BCUT2D eigenvalue weighted by Crippen LogP contribution is 2.27. The van der Waals surface area contributed by atoms with Crippen LogP contribution in [0.25, 0.3) is 0 Å². The maximum absolute atomic E-state index is 9.13. The molecule has 0 aromatic carbocycles. The highest BCUT2D eigenvalue weighted by molar-refractivity contribution is 5.57. The SMILES string of the molecule is Cc1c(C#N)c(N)n(CC2CCN(C)CC2)c1C. The van der Waals surface area contributed by atoms with Crippen molar-refractivity contribution in [2.75, 3.05) is 25.9 Å². The summed E-state index contributed by atoms with van der Waals surface area (Å²) in [6.45, 7) is 7.31. The number of nitrogens with two attached hydrogens (primary N) is 1. The summed E-state index contributed by atoms with van der Waals surface area (Å²) in [5.74, 6) is 1.33. The Balaban J connectivity index is 2.17. The van der Waals surface area contributed by atoms with E-state index in [-0.39, 0.29) is 0 Å². The lowest BCUT2D eigenvalue weighted by molar-refractivity contribution is 0.205. The molecule has 0 bridgehead atoms. The van der Waals surface area contributed by atoms with Crippen LogP contribution in [-0.4, -0.2) is 29.6 Å². The number of hydrogen-bond donors (Lipinski definition) is 1. The molecule has 1 saturated heterocycles. The maximum Gasteiger partial charge on any atom is 0.122 e. The topological polar surface area (TPSA) is 58.0 Å². The van der Waals surface area contributed by atoms with Crippen molar-refractivity contribution in [3.05, 3.63) is 16.8 Å². The van der Waals surface area contributed by atoms with Crippen molar-refractivity contribution in [1.29, 1.82) is 5.26 Å². The van der Waals surface area contributed by atoms with Gasteiger partial charge in [-0.25, -0.2) is 0 Å². The molecule has 0 spiro atoms. The third-order valence-corrected chi connectivity index (χ3v) is 4.26. The van der Waals surface area contributed by atoms with Crippen LogP contribution in [0.4, 0.5) is 5.82 Å². The first-order chi connectivity index (χ1) is 8.54. The van der Waals surface area contributed by atoms with Gasteiger partial charge in [-0.15, -0.1) is 0 Å². The number of anilines is 1. The number of likely N-dealkylation sites (tertiary alicyclic amines) is 1. The molecule has 0 atom stereocenters. The third kappa shape index (κ3) is 2.23. The summed E-state index contributed by atoms with van der Waals surface area (Å²) in [4.78, 5) is 2.37. The highest BCUT2D eigenvalue weighted by atomic mass is 15.1. The monoisotopic (exact) mass is 246 g/mol. The molecule has 0 unspecified atom stereocenters. The van der Waals surface area contributed by atoms with Gasteiger partial charge in [0.05, 0.1) is 5.56 Å². The molecular weight excluding hydrogens is 224 g/mol. The van der Waals surface area contributed by atoms with E-state index in [9.17, 15) is 0 Å². The summed E-state index contributed by atoms with van der Waals surface area (Å²) in [5.41, 5.74) is 8.92. The number of rotatable bonds is 2. The second-order valence-electron chi connectivity index (χ2n) is 5.44. The summed E-state index contributed by atoms with van der Waals surface area (Å²) in [5, 5.41) is 9.13. The van der Waals surface area contributed by atoms with Gasteiger partial charge in [0.1, 0.15) is 11.9 Å². The van der Waals surface area contributed by atoms with Crippen molar-refractivity contribution in [1.82, 2.24) is 9.47 Å². The van der Waals surface area contributed by atoms with E-state index >= 15 is 0 Å². The van der Waals surface area contributed by atoms with Crippen molar-refractivity contribution >= 4 is 5.82 Å². The average molecular weight is 246 g/mol. The van der Waals surface area contributed by atoms with E-state index in [0.717, 1.165) is 30.9 Å². The second kappa shape index (κ2) is 5.03. The summed E-state index contributed by atoms with van der Waals surface area (Å²) in [6, 6.07) is 2.21. The molecule has 18 heavy (non-hydrogen) atoms. The lowest BCUT2D eigenvalue weighted by Gasteiger charge is -2.29. The van der Waals surface area contributed by atoms with E-state index in [4.69, 9.17) is 11.0 Å². The van der Waals surface area contributed by atoms with E-state index in [1.807, 2.05) is 6.92 Å². The van der Waals surface area contributed by atoms with Crippen LogP contribution in [-0.2, 0) is 6.54 Å². The molecule has 0 amide bonds. The fourth-order valence-corrected chi connectivity index (χ4v) is 2.77. The molecule has 98 valence electrons. The molecule has 2 N–H and O–H groups in total. The molecule has 1 fully saturated rings. The van der Waals surface area contributed by atoms with Crippen molar-refractivity contribution < 1.29 is 0 Å². The first kappa shape index (κ1) is 13.0. The lowest BCUT2D eigenvalue weighted by atomic mass is 9.97. The molecule has 2 heterocycles. The standard InChI is InChI=1S/C14H22N4/c1-10-11(2)18(14(16)13(10)8-15)9-12-4-6-17(3)7-5-12/h12H,4-7,9,16H2,1-3H3. The molecule has 4 heteroatoms. The molecule has 0 aliphatic carbocycles. The highest BCUT2D eigenvalue weighted by Gasteiger charge is 2.21. The predicted molar refractivity (Wildman–Crippen MR) is 73.3 cm³/mol. The first-order valence-corrected chi connectivity index (χ1v) is 6.58. The Hall–Kier alpha value is -1.47. The average Bonchev–Trinajstić information content (AvgIpc) is 2.56. The second-order valence-corrected chi connectivity index (χ2v) is 5.44. The van der Waals surface area contributed by atoms with Crippen LogP contribution >= 0.6 is 0 Å². The Bertz CT molecular complexity index is 473. The van der Waals surface area contributed by atoms with Crippen LogP contribution in [0.2, 0.25) is 0 Å². The number of nitrogens with zero attached hydrogens (tertiary/aromatic N) is 3. The Morgan fingerprint density at radius 2 is 1.94 bits per heavy atom. The third-order valence-electron chi connectivity index (χ3n) is 4.26. The molecule has 0 radical (unpaired) electrons. The van der Waals surface area contributed by atoms with Crippen LogP contribution in [0.5, 0.6) is 0 Å². The largest absolute Gasteiger partial charge is 0.384 e. The number of nitriles is 1. The molecule has 1 aromatic heterocycles. The van der Waals surface area contributed by atoms with Gasteiger partial charge in [-0.2, -0.15) is 5.26 Å². The fourth-order valence-electron chi connectivity index (χ4n) is 2.77. The number of hydrogen-bond acceptors (Lipinski definition) is 3. The van der Waals surface area contributed by atoms with Crippen LogP contribution < -0.4 is 5.73 Å². The number of nitrogen functional groups attached to an aromatic ring is 1. The first-order valence-electron chi connectivity index (χ1n) is 6.58. The zero-order valence-electron chi connectivity index (χ0n) is 11.5. The summed E-state index contributed by atoms with van der Waals surface area (Å²) in [6.07, 6.45) is 2.43. The zero-order valence-corrected chi connectivity index (χ0v) is 11.5. The van der Waals surface area contributed by atoms with E-state index in [0.29, 0.717) is 17.3 Å². The van der Waals surface area contributed by atoms with E-state index < -0.39 is 0 Å². The van der Waals surface area contributed by atoms with Crippen LogP contribution in [0.15, 0.2) is 0 Å². The number of piperidine rings is 1. The van der Waals surface area contributed by atoms with Crippen molar-refractivity contribution in [2.45, 2.75) is 33.2 Å². The normalized spacial score (nSPS) is 17.9. The van der Waals surface area contributed by atoms with Crippen molar-refractivity contribution in [3.8, 4) is 6.07 Å². The zero-order chi connectivity index (χ0) is 13.3. The van der Waals surface area contributed by atoms with Gasteiger partial charge in [0, 0.05) is 12.2 Å². The van der Waals surface area contributed by atoms with Crippen molar-refractivity contribution in [2.24, 2.45) is 5.92 Å². The molecule has 2 rings (SSSR count). The van der Waals surface area contributed by atoms with Crippen LogP contribution in [0, 0.1) is 31.1 Å². The molecular formula is C14H22N4. The van der Waals surface area contributed by atoms with Gasteiger partial charge in [0.2, 0.25) is 0 Å². The van der Waals surface area contributed by atoms with Gasteiger partial charge in [-0.3, -0.25) is 0 Å². The molecule has 0 saturated carbocycles. The molecule has 1 aliphatic heterocycles. The minimum Gasteiger partial charge on any atom is -0.384 e. The minimum absolute atomic E-state index is 0.645. The van der Waals surface area contributed by atoms with Gasteiger partial charge < -0.3 is 15.2 Å². The Morgan fingerprint density at radius 1 is 1.33 bits per heavy atom. The summed E-state index contributed by atoms with van der Waals surface area (Å²) < 4.78 is 2.13. The molecule has 1 aliphatic rings. The van der Waals surface area contributed by atoms with Gasteiger partial charge in [-0.1, -0.05) is 0 Å². The fraction of sp³-hybridized carbons (Fsp3) is 0.643. The van der Waals surface area contributed by atoms with Gasteiger partial charge in [0.15, 0.2) is 0 Å². The van der Waals surface area contributed by atoms with Gasteiger partial charge >= 0.3 is 0 Å². The maximum atomic E-state index is 9.13. The van der Waals surface area contributed by atoms with Crippen LogP contribution in [0.3, 0.4) is 0 Å². The molecule has 4 nitrogen and oxygen atoms in total. The van der Waals surface area contributed by atoms with E-state index in [1.165, 1.54) is 12.8 Å². The quantitative estimate of drug-likeness (QED) is 0.867. The van der Waals surface area contributed by atoms with Crippen molar-refractivity contribution in [3.63, 3.8) is 0 Å². The smallest absolute Gasteiger partial charge is 0.122 e. The van der Waals surface area contributed by atoms with E-state index in [1.54, 1.807) is 0 Å². The Morgan fingerprint density at radius 3 is 2.44 bits per heavy atom. The minimum atomic E-state index is 0.645. The van der Waals surface area contributed by atoms with Gasteiger partial charge in [0.25, 0.3) is 0 Å². The summed E-state index contributed by atoms with van der Waals surface area (Å²) >= 11 is 0. The van der Waals surface area contributed by atoms with Gasteiger partial charge in [-0.05, 0) is 58.3 Å². The number of aromatic nitrogens is 1. The van der Waals surface area contributed by atoms with Crippen LogP contribution in [0.1, 0.15) is 29.7 Å². The lowest BCUT2D eigenvalue weighted by Crippen LogP contribution is -2.32. The Kier molecular flexibility index (Phi) is 3.63. The van der Waals surface area contributed by atoms with E-state index in [2.05, 4.69) is 29.5 Å². The Labute approximate surface area is 109 Å².